The van der Waals surface area contributed by atoms with Crippen molar-refractivity contribution in [3.8, 4) is 0 Å². The highest BCUT2D eigenvalue weighted by Crippen LogP contribution is 2.32. The Kier molecular flexibility index (Phi) is 3.58. The van der Waals surface area contributed by atoms with Gasteiger partial charge in [-0.05, 0) is 13.3 Å². The van der Waals surface area contributed by atoms with Gasteiger partial charge in [-0.1, -0.05) is 6.08 Å². The molecule has 1 aromatic heterocycles. The van der Waals surface area contributed by atoms with Crippen LogP contribution in [0.4, 0.5) is 19.0 Å². The number of rotatable bonds is 2. The Labute approximate surface area is 109 Å². The van der Waals surface area contributed by atoms with Crippen LogP contribution in [0.2, 0.25) is 0 Å². The van der Waals surface area contributed by atoms with Gasteiger partial charge in [-0.2, -0.15) is 18.3 Å². The van der Waals surface area contributed by atoms with E-state index in [1.165, 1.54) is 6.08 Å². The van der Waals surface area contributed by atoms with Crippen LogP contribution in [0.15, 0.2) is 11.6 Å². The molecule has 2 rings (SSSR count). The van der Waals surface area contributed by atoms with Gasteiger partial charge in [0, 0.05) is 31.3 Å². The molecule has 0 spiro atoms. The molecule has 0 saturated heterocycles. The summed E-state index contributed by atoms with van der Waals surface area (Å²) in [5.74, 6) is 0.692. The minimum absolute atomic E-state index is 0.0431. The molecule has 4 nitrogen and oxygen atoms in total. The smallest absolute Gasteiger partial charge is 0.391 e. The molecule has 7 heteroatoms. The Morgan fingerprint density at radius 1 is 1.42 bits per heavy atom. The highest BCUT2D eigenvalue weighted by molar-refractivity contribution is 5.51. The van der Waals surface area contributed by atoms with Crippen molar-refractivity contribution < 1.29 is 18.3 Å². The Bertz CT molecular complexity index is 505. The minimum atomic E-state index is -4.24. The fraction of sp³-hybridized carbons (Fsp3) is 0.583. The van der Waals surface area contributed by atoms with Gasteiger partial charge in [-0.3, -0.25) is 4.68 Å². The monoisotopic (exact) mass is 275 g/mol. The van der Waals surface area contributed by atoms with Gasteiger partial charge < -0.3 is 10.0 Å². The van der Waals surface area contributed by atoms with Crippen molar-refractivity contribution in [2.24, 2.45) is 7.05 Å². The van der Waals surface area contributed by atoms with Crippen LogP contribution >= 0.6 is 0 Å². The largest absolute Gasteiger partial charge is 0.412 e. The van der Waals surface area contributed by atoms with E-state index in [-0.39, 0.29) is 26.1 Å². The summed E-state index contributed by atoms with van der Waals surface area (Å²) in [6, 6.07) is 0. The van der Waals surface area contributed by atoms with Gasteiger partial charge in [0.15, 0.2) is 0 Å². The van der Waals surface area contributed by atoms with E-state index in [9.17, 15) is 18.3 Å². The molecule has 0 aliphatic carbocycles. The average Bonchev–Trinajstić information content (AvgIpc) is 2.62. The molecule has 1 aliphatic heterocycles. The fourth-order valence-electron chi connectivity index (χ4n) is 2.39. The molecule has 0 fully saturated rings. The van der Waals surface area contributed by atoms with Gasteiger partial charge in [0.05, 0.1) is 12.3 Å². The van der Waals surface area contributed by atoms with Crippen LogP contribution in [0.3, 0.4) is 0 Å². The van der Waals surface area contributed by atoms with Crippen molar-refractivity contribution in [3.05, 3.63) is 22.9 Å². The lowest BCUT2D eigenvalue weighted by molar-refractivity contribution is -0.0944. The van der Waals surface area contributed by atoms with Crippen molar-refractivity contribution in [2.75, 3.05) is 18.0 Å². The van der Waals surface area contributed by atoms with Crippen LogP contribution in [0.25, 0.3) is 0 Å². The first-order chi connectivity index (χ1) is 8.84. The summed E-state index contributed by atoms with van der Waals surface area (Å²) < 4.78 is 39.3. The predicted octanol–water partition coefficient (Wildman–Crippen LogP) is 1.92. The van der Waals surface area contributed by atoms with Crippen LogP contribution in [-0.4, -0.2) is 34.2 Å². The molecule has 0 saturated carbocycles. The van der Waals surface area contributed by atoms with Crippen LogP contribution in [0.5, 0.6) is 0 Å². The predicted molar refractivity (Wildman–Crippen MR) is 64.8 cm³/mol. The summed E-state index contributed by atoms with van der Waals surface area (Å²) in [4.78, 5) is 1.81. The molecule has 0 bridgehead atoms. The second-order valence-corrected chi connectivity index (χ2v) is 4.59. The van der Waals surface area contributed by atoms with E-state index in [2.05, 4.69) is 5.10 Å². The van der Waals surface area contributed by atoms with Gasteiger partial charge in [-0.15, -0.1) is 0 Å². The Morgan fingerprint density at radius 2 is 2.11 bits per heavy atom. The number of halogens is 3. The molecule has 19 heavy (non-hydrogen) atoms. The quantitative estimate of drug-likeness (QED) is 0.838. The van der Waals surface area contributed by atoms with E-state index < -0.39 is 11.7 Å². The molecular weight excluding hydrogens is 259 g/mol. The highest BCUT2D eigenvalue weighted by atomic mass is 19.4. The lowest BCUT2D eigenvalue weighted by Gasteiger charge is -2.29. The zero-order valence-electron chi connectivity index (χ0n) is 10.8. The normalized spacial score (nSPS) is 16.7. The van der Waals surface area contributed by atoms with Crippen molar-refractivity contribution in [1.82, 2.24) is 9.78 Å². The SMILES string of the molecule is Cc1nn(C)c(N2CC=C(C(F)(F)F)CC2)c1CO. The van der Waals surface area contributed by atoms with Crippen LogP contribution in [0, 0.1) is 6.92 Å². The third-order valence-electron chi connectivity index (χ3n) is 3.34. The van der Waals surface area contributed by atoms with E-state index in [0.29, 0.717) is 17.1 Å². The topological polar surface area (TPSA) is 41.3 Å². The second kappa shape index (κ2) is 4.88. The van der Waals surface area contributed by atoms with E-state index in [1.807, 2.05) is 0 Å². The molecule has 1 aliphatic rings. The third-order valence-corrected chi connectivity index (χ3v) is 3.34. The average molecular weight is 275 g/mol. The highest BCUT2D eigenvalue weighted by Gasteiger charge is 2.35. The summed E-state index contributed by atoms with van der Waals surface area (Å²) in [6.07, 6.45) is -3.08. The number of anilines is 1. The molecule has 0 aromatic carbocycles. The van der Waals surface area contributed by atoms with Crippen molar-refractivity contribution in [3.63, 3.8) is 0 Å². The van der Waals surface area contributed by atoms with Gasteiger partial charge in [-0.25, -0.2) is 0 Å². The standard InChI is InChI=1S/C12H16F3N3O/c1-8-10(7-19)11(17(2)16-8)18-5-3-9(4-6-18)12(13,14)15/h3,19H,4-7H2,1-2H3. The minimum Gasteiger partial charge on any atom is -0.391 e. The number of aromatic nitrogens is 2. The second-order valence-electron chi connectivity index (χ2n) is 4.59. The summed E-state index contributed by atoms with van der Waals surface area (Å²) in [5, 5.41) is 13.5. The summed E-state index contributed by atoms with van der Waals surface area (Å²) >= 11 is 0. The molecule has 2 heterocycles. The first kappa shape index (κ1) is 13.9. The summed E-state index contributed by atoms with van der Waals surface area (Å²) in [6.45, 7) is 2.06. The van der Waals surface area contributed by atoms with Gasteiger partial charge in [0.2, 0.25) is 0 Å². The number of aryl methyl sites for hydroxylation is 2. The van der Waals surface area contributed by atoms with E-state index >= 15 is 0 Å². The number of hydrogen-bond donors (Lipinski definition) is 1. The molecule has 0 atom stereocenters. The molecule has 0 radical (unpaired) electrons. The number of nitrogens with zero attached hydrogens (tertiary/aromatic N) is 3. The maximum Gasteiger partial charge on any atom is 0.412 e. The first-order valence-corrected chi connectivity index (χ1v) is 5.99. The zero-order valence-corrected chi connectivity index (χ0v) is 10.8. The Morgan fingerprint density at radius 3 is 2.58 bits per heavy atom. The molecular formula is C12H16F3N3O. The van der Waals surface area contributed by atoms with Crippen molar-refractivity contribution in [1.29, 1.82) is 0 Å². The molecule has 1 aromatic rings. The van der Waals surface area contributed by atoms with E-state index in [4.69, 9.17) is 0 Å². The lowest BCUT2D eigenvalue weighted by atomic mass is 10.1. The number of hydrogen-bond acceptors (Lipinski definition) is 3. The van der Waals surface area contributed by atoms with Crippen molar-refractivity contribution >= 4 is 5.82 Å². The van der Waals surface area contributed by atoms with Crippen molar-refractivity contribution in [2.45, 2.75) is 26.1 Å². The van der Waals surface area contributed by atoms with Gasteiger partial charge >= 0.3 is 6.18 Å². The number of alkyl halides is 3. The first-order valence-electron chi connectivity index (χ1n) is 5.99. The number of aliphatic hydroxyl groups is 1. The molecule has 0 amide bonds. The molecule has 0 unspecified atom stereocenters. The number of aliphatic hydroxyl groups excluding tert-OH is 1. The van der Waals surface area contributed by atoms with E-state index in [0.717, 1.165) is 0 Å². The zero-order chi connectivity index (χ0) is 14.2. The molecule has 1 N–H and O–H groups in total. The van der Waals surface area contributed by atoms with Gasteiger partial charge in [0.1, 0.15) is 5.82 Å². The Balaban J connectivity index is 2.25. The maximum absolute atomic E-state index is 12.6. The van der Waals surface area contributed by atoms with Crippen LogP contribution < -0.4 is 4.90 Å². The third kappa shape index (κ3) is 2.60. The van der Waals surface area contributed by atoms with Gasteiger partial charge in [0.25, 0.3) is 0 Å². The lowest BCUT2D eigenvalue weighted by Crippen LogP contribution is -2.33. The Hall–Kier alpha value is -1.50. The summed E-state index contributed by atoms with van der Waals surface area (Å²) in [5.41, 5.74) is 0.894. The molecule has 106 valence electrons. The van der Waals surface area contributed by atoms with Crippen LogP contribution in [0.1, 0.15) is 17.7 Å². The summed E-state index contributed by atoms with van der Waals surface area (Å²) in [7, 11) is 1.73. The van der Waals surface area contributed by atoms with Crippen LogP contribution in [-0.2, 0) is 13.7 Å². The van der Waals surface area contributed by atoms with E-state index in [1.54, 1.807) is 23.6 Å². The maximum atomic E-state index is 12.6. The fourth-order valence-corrected chi connectivity index (χ4v) is 2.39.